The Hall–Kier alpha value is -2.44. The number of nitrogens with zero attached hydrogens (tertiary/aromatic N) is 4. The van der Waals surface area contributed by atoms with E-state index in [1.165, 1.54) is 16.9 Å². The van der Waals surface area contributed by atoms with Crippen LogP contribution in [0.5, 0.6) is 5.75 Å². The highest BCUT2D eigenvalue weighted by Gasteiger charge is 2.29. The second-order valence-electron chi connectivity index (χ2n) is 6.45. The Morgan fingerprint density at radius 1 is 1.04 bits per heavy atom. The SMILES string of the molecule is CC(C)(Oc1ccc(Cl)cc1)c1nn2c(Cc3ccccc3)nnc2s1. The van der Waals surface area contributed by atoms with Crippen molar-refractivity contribution in [1.82, 2.24) is 19.8 Å². The van der Waals surface area contributed by atoms with E-state index in [2.05, 4.69) is 22.3 Å². The van der Waals surface area contributed by atoms with E-state index in [1.54, 1.807) is 4.52 Å². The van der Waals surface area contributed by atoms with E-state index in [0.29, 0.717) is 11.4 Å². The van der Waals surface area contributed by atoms with Gasteiger partial charge in [0, 0.05) is 11.4 Å². The fourth-order valence-corrected chi connectivity index (χ4v) is 3.65. The smallest absolute Gasteiger partial charge is 0.234 e. The lowest BCUT2D eigenvalue weighted by atomic mass is 10.1. The van der Waals surface area contributed by atoms with Crippen LogP contribution in [0.3, 0.4) is 0 Å². The molecule has 4 rings (SSSR count). The van der Waals surface area contributed by atoms with Crippen LogP contribution in [0.15, 0.2) is 54.6 Å². The van der Waals surface area contributed by atoms with Crippen LogP contribution in [0.1, 0.15) is 30.2 Å². The van der Waals surface area contributed by atoms with Gasteiger partial charge in [-0.2, -0.15) is 9.61 Å². The van der Waals surface area contributed by atoms with E-state index in [-0.39, 0.29) is 0 Å². The number of hydrogen-bond donors (Lipinski definition) is 0. The van der Waals surface area contributed by atoms with Crippen LogP contribution in [-0.4, -0.2) is 19.8 Å². The van der Waals surface area contributed by atoms with Gasteiger partial charge in [-0.05, 0) is 43.7 Å². The summed E-state index contributed by atoms with van der Waals surface area (Å²) in [6.07, 6.45) is 0.684. The van der Waals surface area contributed by atoms with Crippen LogP contribution in [0.4, 0.5) is 0 Å². The number of benzene rings is 2. The van der Waals surface area contributed by atoms with Crippen LogP contribution in [0, 0.1) is 0 Å². The molecule has 2 heterocycles. The molecule has 4 aromatic rings. The quantitative estimate of drug-likeness (QED) is 0.498. The highest BCUT2D eigenvalue weighted by atomic mass is 35.5. The number of halogens is 1. The van der Waals surface area contributed by atoms with Crippen molar-refractivity contribution in [2.75, 3.05) is 0 Å². The molecule has 132 valence electrons. The number of fused-ring (bicyclic) bond motifs is 1. The van der Waals surface area contributed by atoms with E-state index in [9.17, 15) is 0 Å². The van der Waals surface area contributed by atoms with Crippen molar-refractivity contribution in [2.24, 2.45) is 0 Å². The summed E-state index contributed by atoms with van der Waals surface area (Å²) in [5.74, 6) is 1.56. The maximum atomic E-state index is 6.13. The highest BCUT2D eigenvalue weighted by molar-refractivity contribution is 7.16. The fraction of sp³-hybridized carbons (Fsp3) is 0.211. The van der Waals surface area contributed by atoms with Gasteiger partial charge in [-0.15, -0.1) is 10.2 Å². The lowest BCUT2D eigenvalue weighted by Crippen LogP contribution is -2.25. The van der Waals surface area contributed by atoms with Crippen LogP contribution < -0.4 is 4.74 Å². The Morgan fingerprint density at radius 2 is 1.77 bits per heavy atom. The molecule has 2 aromatic heterocycles. The van der Waals surface area contributed by atoms with E-state index >= 15 is 0 Å². The summed E-state index contributed by atoms with van der Waals surface area (Å²) in [6.45, 7) is 3.98. The van der Waals surface area contributed by atoms with Crippen LogP contribution >= 0.6 is 22.9 Å². The van der Waals surface area contributed by atoms with Crippen molar-refractivity contribution < 1.29 is 4.74 Å². The standard InChI is InChI=1S/C19H17ClN4OS/c1-19(2,25-15-10-8-14(20)9-11-15)17-23-24-16(21-22-18(24)26-17)12-13-6-4-3-5-7-13/h3-11H,12H2,1-2H3. The first kappa shape index (κ1) is 17.0. The van der Waals surface area contributed by atoms with Crippen molar-refractivity contribution in [2.45, 2.75) is 25.9 Å². The van der Waals surface area contributed by atoms with Crippen LogP contribution in [0.25, 0.3) is 4.96 Å². The lowest BCUT2D eigenvalue weighted by Gasteiger charge is -2.23. The van der Waals surface area contributed by atoms with E-state index in [4.69, 9.17) is 21.4 Å². The first-order chi connectivity index (χ1) is 12.5. The van der Waals surface area contributed by atoms with Crippen molar-refractivity contribution in [1.29, 1.82) is 0 Å². The van der Waals surface area contributed by atoms with E-state index in [0.717, 1.165) is 21.5 Å². The Kier molecular flexibility index (Phi) is 4.38. The minimum absolute atomic E-state index is 0.594. The monoisotopic (exact) mass is 384 g/mol. The zero-order valence-electron chi connectivity index (χ0n) is 14.4. The fourth-order valence-electron chi connectivity index (χ4n) is 2.63. The molecule has 0 saturated carbocycles. The first-order valence-electron chi connectivity index (χ1n) is 8.21. The summed E-state index contributed by atoms with van der Waals surface area (Å²) in [6, 6.07) is 17.5. The average molecular weight is 385 g/mol. The third kappa shape index (κ3) is 3.43. The topological polar surface area (TPSA) is 52.3 Å². The predicted octanol–water partition coefficient (Wildman–Crippen LogP) is 4.74. The molecule has 0 saturated heterocycles. The maximum Gasteiger partial charge on any atom is 0.234 e. The maximum absolute atomic E-state index is 6.13. The Bertz CT molecular complexity index is 1020. The molecule has 5 nitrogen and oxygen atoms in total. The third-order valence-electron chi connectivity index (χ3n) is 3.96. The molecule has 0 unspecified atom stereocenters. The average Bonchev–Trinajstić information content (AvgIpc) is 3.20. The van der Waals surface area contributed by atoms with Crippen LogP contribution in [0.2, 0.25) is 5.02 Å². The van der Waals surface area contributed by atoms with Crippen molar-refractivity contribution >= 4 is 27.9 Å². The van der Waals surface area contributed by atoms with Gasteiger partial charge in [0.25, 0.3) is 0 Å². The van der Waals surface area contributed by atoms with Gasteiger partial charge in [0.15, 0.2) is 16.4 Å². The Morgan fingerprint density at radius 3 is 2.50 bits per heavy atom. The molecule has 0 bridgehead atoms. The number of aromatic nitrogens is 4. The van der Waals surface area contributed by atoms with Gasteiger partial charge in [-0.25, -0.2) is 0 Å². The van der Waals surface area contributed by atoms with Crippen molar-refractivity contribution in [3.8, 4) is 5.75 Å². The Labute approximate surface area is 160 Å². The summed E-state index contributed by atoms with van der Waals surface area (Å²) in [4.78, 5) is 0.763. The third-order valence-corrected chi connectivity index (χ3v) is 5.42. The molecule has 0 aliphatic heterocycles. The van der Waals surface area contributed by atoms with Gasteiger partial charge in [-0.1, -0.05) is 53.3 Å². The first-order valence-corrected chi connectivity index (χ1v) is 9.41. The zero-order valence-corrected chi connectivity index (χ0v) is 16.0. The highest BCUT2D eigenvalue weighted by Crippen LogP contribution is 2.31. The van der Waals surface area contributed by atoms with Gasteiger partial charge in [-0.3, -0.25) is 0 Å². The molecule has 2 aromatic carbocycles. The van der Waals surface area contributed by atoms with Gasteiger partial charge < -0.3 is 4.74 Å². The normalized spacial score (nSPS) is 11.8. The second kappa shape index (κ2) is 6.70. The molecule has 7 heteroatoms. The molecule has 0 aliphatic rings. The van der Waals surface area contributed by atoms with Crippen molar-refractivity contribution in [3.63, 3.8) is 0 Å². The Balaban J connectivity index is 1.61. The molecule has 26 heavy (non-hydrogen) atoms. The van der Waals surface area contributed by atoms with Gasteiger partial charge >= 0.3 is 0 Å². The predicted molar refractivity (Wildman–Crippen MR) is 103 cm³/mol. The minimum Gasteiger partial charge on any atom is -0.481 e. The van der Waals surface area contributed by atoms with Gasteiger partial charge in [0.2, 0.25) is 4.96 Å². The largest absolute Gasteiger partial charge is 0.481 e. The number of hydrogen-bond acceptors (Lipinski definition) is 5. The van der Waals surface area contributed by atoms with Crippen molar-refractivity contribution in [3.05, 3.63) is 76.0 Å². The molecule has 0 N–H and O–H groups in total. The molecule has 0 spiro atoms. The molecule has 0 radical (unpaired) electrons. The molecule has 0 fully saturated rings. The second-order valence-corrected chi connectivity index (χ2v) is 7.84. The van der Waals surface area contributed by atoms with E-state index < -0.39 is 5.60 Å². The summed E-state index contributed by atoms with van der Waals surface area (Å²) in [5.41, 5.74) is 0.580. The lowest BCUT2D eigenvalue weighted by molar-refractivity contribution is 0.107. The minimum atomic E-state index is -0.594. The zero-order chi connectivity index (χ0) is 18.1. The summed E-state index contributed by atoms with van der Waals surface area (Å²) in [7, 11) is 0. The van der Waals surface area contributed by atoms with Gasteiger partial charge in [0.1, 0.15) is 5.75 Å². The molecular formula is C19H17ClN4OS. The number of rotatable bonds is 5. The summed E-state index contributed by atoms with van der Waals surface area (Å²) < 4.78 is 7.93. The molecular weight excluding hydrogens is 368 g/mol. The molecule has 0 atom stereocenters. The van der Waals surface area contributed by atoms with Gasteiger partial charge in [0.05, 0.1) is 0 Å². The van der Waals surface area contributed by atoms with E-state index in [1.807, 2.05) is 56.3 Å². The molecule has 0 amide bonds. The van der Waals surface area contributed by atoms with Crippen LogP contribution in [-0.2, 0) is 12.0 Å². The summed E-state index contributed by atoms with van der Waals surface area (Å²) in [5, 5.41) is 14.8. The number of ether oxygens (including phenoxy) is 1. The molecule has 0 aliphatic carbocycles. The summed E-state index contributed by atoms with van der Waals surface area (Å²) >= 11 is 7.42.